The lowest BCUT2D eigenvalue weighted by molar-refractivity contribution is 0.0599. The van der Waals surface area contributed by atoms with Gasteiger partial charge in [-0.05, 0) is 37.3 Å². The van der Waals surface area contributed by atoms with Crippen LogP contribution in [0.1, 0.15) is 27.6 Å². The molecule has 0 saturated heterocycles. The average molecular weight is 437 g/mol. The number of nitrogens with two attached hydrogens (primary N) is 1. The number of carbonyl (C=O) groups is 2. The van der Waals surface area contributed by atoms with E-state index < -0.39 is 11.9 Å². The summed E-state index contributed by atoms with van der Waals surface area (Å²) in [4.78, 5) is 32.4. The van der Waals surface area contributed by atoms with Crippen LogP contribution in [0.15, 0.2) is 48.8 Å². The minimum absolute atomic E-state index is 0.162. The summed E-state index contributed by atoms with van der Waals surface area (Å²) < 4.78 is 15.1. The highest BCUT2D eigenvalue weighted by Gasteiger charge is 2.16. The highest BCUT2D eigenvalue weighted by atomic mass is 16.5. The minimum Gasteiger partial charge on any atom is -0.492 e. The third-order valence-corrected chi connectivity index (χ3v) is 4.36. The van der Waals surface area contributed by atoms with E-state index in [4.69, 9.17) is 19.9 Å². The van der Waals surface area contributed by atoms with Gasteiger partial charge >= 0.3 is 11.9 Å². The Morgan fingerprint density at radius 3 is 2.12 bits per heavy atom. The number of para-hydroxylation sites is 2. The molecule has 32 heavy (non-hydrogen) atoms. The van der Waals surface area contributed by atoms with E-state index in [-0.39, 0.29) is 22.6 Å². The molecular weight excluding hydrogens is 414 g/mol. The number of nitrogens with one attached hydrogen (secondary N) is 2. The second kappa shape index (κ2) is 10.1. The number of hydrogen-bond donors (Lipinski definition) is 3. The van der Waals surface area contributed by atoms with Gasteiger partial charge in [0, 0.05) is 5.69 Å². The van der Waals surface area contributed by atoms with Crippen LogP contribution in [0.25, 0.3) is 0 Å². The van der Waals surface area contributed by atoms with E-state index in [9.17, 15) is 9.59 Å². The number of hydrogen-bond acceptors (Lipinski definition) is 10. The van der Waals surface area contributed by atoms with Gasteiger partial charge in [-0.25, -0.2) is 19.6 Å². The van der Waals surface area contributed by atoms with E-state index in [0.717, 1.165) is 0 Å². The lowest BCUT2D eigenvalue weighted by Crippen LogP contribution is -2.09. The number of aromatic nitrogens is 2. The van der Waals surface area contributed by atoms with Gasteiger partial charge in [-0.2, -0.15) is 0 Å². The van der Waals surface area contributed by atoms with Gasteiger partial charge in [-0.15, -0.1) is 0 Å². The van der Waals surface area contributed by atoms with E-state index in [2.05, 4.69) is 20.6 Å². The van der Waals surface area contributed by atoms with Crippen molar-refractivity contribution in [3.8, 4) is 5.75 Å². The molecule has 0 spiro atoms. The molecule has 0 saturated carbocycles. The van der Waals surface area contributed by atoms with Gasteiger partial charge in [0.2, 0.25) is 0 Å². The lowest BCUT2D eigenvalue weighted by atomic mass is 10.1. The van der Waals surface area contributed by atoms with Crippen molar-refractivity contribution in [2.24, 2.45) is 0 Å². The third kappa shape index (κ3) is 5.04. The van der Waals surface area contributed by atoms with Crippen LogP contribution in [-0.4, -0.2) is 42.7 Å². The SMILES string of the molecule is CCOc1ccccc1Nc1ncnc(Nc2cc(C(=O)OC)cc(C(=O)OC)c2)c1N. The molecule has 0 radical (unpaired) electrons. The van der Waals surface area contributed by atoms with Gasteiger partial charge in [-0.1, -0.05) is 12.1 Å². The Labute approximate surface area is 184 Å². The fraction of sp³-hybridized carbons (Fsp3) is 0.182. The number of carbonyl (C=O) groups excluding carboxylic acids is 2. The van der Waals surface area contributed by atoms with Crippen LogP contribution in [-0.2, 0) is 9.47 Å². The third-order valence-electron chi connectivity index (χ3n) is 4.36. The molecule has 10 heteroatoms. The number of methoxy groups -OCH3 is 2. The first-order chi connectivity index (χ1) is 15.5. The summed E-state index contributed by atoms with van der Waals surface area (Å²) in [7, 11) is 2.50. The van der Waals surface area contributed by atoms with Crippen LogP contribution in [0.4, 0.5) is 28.7 Å². The Bertz CT molecular complexity index is 1100. The van der Waals surface area contributed by atoms with E-state index in [1.54, 1.807) is 0 Å². The van der Waals surface area contributed by atoms with Crippen molar-refractivity contribution in [2.75, 3.05) is 37.2 Å². The van der Waals surface area contributed by atoms with Crippen LogP contribution >= 0.6 is 0 Å². The quantitative estimate of drug-likeness (QED) is 0.449. The molecule has 3 aromatic rings. The van der Waals surface area contributed by atoms with Gasteiger partial charge in [-0.3, -0.25) is 0 Å². The molecule has 0 aliphatic rings. The second-order valence-electron chi connectivity index (χ2n) is 6.45. The summed E-state index contributed by atoms with van der Waals surface area (Å²) >= 11 is 0. The van der Waals surface area contributed by atoms with Crippen LogP contribution in [0.2, 0.25) is 0 Å². The van der Waals surface area contributed by atoms with Crippen molar-refractivity contribution in [1.82, 2.24) is 9.97 Å². The molecule has 10 nitrogen and oxygen atoms in total. The summed E-state index contributed by atoms with van der Waals surface area (Å²) in [5, 5.41) is 6.15. The first-order valence-electron chi connectivity index (χ1n) is 9.64. The van der Waals surface area contributed by atoms with Crippen molar-refractivity contribution in [2.45, 2.75) is 6.92 Å². The molecule has 3 rings (SSSR count). The van der Waals surface area contributed by atoms with E-state index in [1.165, 1.54) is 38.7 Å². The summed E-state index contributed by atoms with van der Waals surface area (Å²) in [6.45, 7) is 2.40. The van der Waals surface area contributed by atoms with Crippen molar-refractivity contribution < 1.29 is 23.8 Å². The molecule has 0 aliphatic carbocycles. The molecule has 0 bridgehead atoms. The van der Waals surface area contributed by atoms with Gasteiger partial charge in [0.1, 0.15) is 17.8 Å². The van der Waals surface area contributed by atoms with Crippen molar-refractivity contribution in [3.05, 3.63) is 59.9 Å². The van der Waals surface area contributed by atoms with Crippen molar-refractivity contribution in [1.29, 1.82) is 0 Å². The Morgan fingerprint density at radius 2 is 1.53 bits per heavy atom. The Morgan fingerprint density at radius 1 is 0.938 bits per heavy atom. The maximum atomic E-state index is 12.0. The second-order valence-corrected chi connectivity index (χ2v) is 6.45. The zero-order chi connectivity index (χ0) is 23.1. The van der Waals surface area contributed by atoms with E-state index in [0.29, 0.717) is 29.5 Å². The molecule has 166 valence electrons. The minimum atomic E-state index is -0.607. The first kappa shape index (κ1) is 22.3. The van der Waals surface area contributed by atoms with Gasteiger partial charge in [0.25, 0.3) is 0 Å². The predicted octanol–water partition coefficient (Wildman–Crippen LogP) is 3.52. The number of rotatable bonds is 8. The first-order valence-corrected chi connectivity index (χ1v) is 9.64. The number of ether oxygens (including phenoxy) is 3. The standard InChI is InChI=1S/C22H23N5O5/c1-4-32-17-8-6-5-7-16(17)27-20-18(23)19(24-12-25-20)26-15-10-13(21(28)30-2)9-14(11-15)22(29)31-3/h5-12H,4,23H2,1-3H3,(H2,24,25,26,27). The molecule has 1 heterocycles. The number of anilines is 5. The van der Waals surface area contributed by atoms with Gasteiger partial charge in [0.05, 0.1) is 37.6 Å². The molecule has 4 N–H and O–H groups in total. The monoisotopic (exact) mass is 437 g/mol. The summed E-state index contributed by atoms with van der Waals surface area (Å²) in [6.07, 6.45) is 1.33. The molecule has 0 amide bonds. The maximum Gasteiger partial charge on any atom is 0.337 e. The predicted molar refractivity (Wildman–Crippen MR) is 120 cm³/mol. The largest absolute Gasteiger partial charge is 0.492 e. The van der Waals surface area contributed by atoms with Crippen LogP contribution in [0.3, 0.4) is 0 Å². The molecule has 0 atom stereocenters. The van der Waals surface area contributed by atoms with E-state index in [1.807, 2.05) is 31.2 Å². The van der Waals surface area contributed by atoms with Crippen LogP contribution in [0, 0.1) is 0 Å². The topological polar surface area (TPSA) is 138 Å². The summed E-state index contributed by atoms with van der Waals surface area (Å²) in [5.74, 6) is 0.0610. The lowest BCUT2D eigenvalue weighted by Gasteiger charge is -2.15. The van der Waals surface area contributed by atoms with E-state index >= 15 is 0 Å². The molecule has 1 aromatic heterocycles. The maximum absolute atomic E-state index is 12.0. The highest BCUT2D eigenvalue weighted by molar-refractivity contribution is 5.97. The number of esters is 2. The zero-order valence-electron chi connectivity index (χ0n) is 17.8. The fourth-order valence-electron chi connectivity index (χ4n) is 2.88. The van der Waals surface area contributed by atoms with Crippen molar-refractivity contribution >= 4 is 40.6 Å². The molecule has 2 aromatic carbocycles. The molecule has 0 aliphatic heterocycles. The fourth-order valence-corrected chi connectivity index (χ4v) is 2.88. The smallest absolute Gasteiger partial charge is 0.337 e. The number of nitrogen functional groups attached to an aromatic ring is 1. The van der Waals surface area contributed by atoms with Crippen molar-refractivity contribution in [3.63, 3.8) is 0 Å². The Kier molecular flexibility index (Phi) is 7.06. The molecule has 0 fully saturated rings. The average Bonchev–Trinajstić information content (AvgIpc) is 2.81. The number of benzene rings is 2. The number of nitrogens with zero attached hydrogens (tertiary/aromatic N) is 2. The molecular formula is C22H23N5O5. The van der Waals surface area contributed by atoms with Gasteiger partial charge < -0.3 is 30.6 Å². The summed E-state index contributed by atoms with van der Waals surface area (Å²) in [6, 6.07) is 11.8. The normalized spacial score (nSPS) is 10.2. The van der Waals surface area contributed by atoms with Crippen LogP contribution in [0.5, 0.6) is 5.75 Å². The zero-order valence-corrected chi connectivity index (χ0v) is 17.8. The Hall–Kier alpha value is -4.34. The highest BCUT2D eigenvalue weighted by Crippen LogP contribution is 2.32. The van der Waals surface area contributed by atoms with Crippen LogP contribution < -0.4 is 21.1 Å². The molecule has 0 unspecified atom stereocenters. The summed E-state index contributed by atoms with van der Waals surface area (Å²) in [5.41, 5.74) is 7.90. The van der Waals surface area contributed by atoms with Gasteiger partial charge in [0.15, 0.2) is 11.6 Å². The Balaban J connectivity index is 1.94.